The Morgan fingerprint density at radius 2 is 1.73 bits per heavy atom. The summed E-state index contributed by atoms with van der Waals surface area (Å²) in [6.45, 7) is 1.91. The van der Waals surface area contributed by atoms with Crippen LogP contribution in [0.3, 0.4) is 0 Å². The zero-order valence-electron chi connectivity index (χ0n) is 21.1. The molecule has 37 heavy (non-hydrogen) atoms. The lowest BCUT2D eigenvalue weighted by Gasteiger charge is -2.37. The number of allylic oxidation sites excluding steroid dienone is 3. The van der Waals surface area contributed by atoms with Crippen LogP contribution < -0.4 is 10.1 Å². The molecule has 1 saturated carbocycles. The molecule has 0 unspecified atom stereocenters. The number of halogens is 2. The molecule has 1 heterocycles. The Bertz CT molecular complexity index is 1280. The molecule has 1 aliphatic heterocycles. The van der Waals surface area contributed by atoms with Crippen LogP contribution in [0.15, 0.2) is 69.5 Å². The van der Waals surface area contributed by atoms with E-state index in [1.165, 1.54) is 6.42 Å². The highest BCUT2D eigenvalue weighted by Crippen LogP contribution is 2.47. The summed E-state index contributed by atoms with van der Waals surface area (Å²) in [5.41, 5.74) is 4.72. The van der Waals surface area contributed by atoms with Gasteiger partial charge in [-0.25, -0.2) is 4.79 Å². The van der Waals surface area contributed by atoms with Crippen LogP contribution in [0.5, 0.6) is 5.75 Å². The first-order chi connectivity index (χ1) is 17.9. The Morgan fingerprint density at radius 3 is 2.41 bits per heavy atom. The Labute approximate surface area is 231 Å². The summed E-state index contributed by atoms with van der Waals surface area (Å²) < 4.78 is 12.2. The Balaban J connectivity index is 1.54. The van der Waals surface area contributed by atoms with Crippen molar-refractivity contribution in [3.8, 4) is 5.75 Å². The molecule has 0 spiro atoms. The number of methoxy groups -OCH3 is 1. The van der Waals surface area contributed by atoms with Crippen molar-refractivity contribution < 1.29 is 19.1 Å². The number of rotatable bonds is 5. The smallest absolute Gasteiger partial charge is 0.337 e. The number of Topliss-reactive ketones (excluding diaryl/α,β-unsaturated/α-hetero) is 1. The summed E-state index contributed by atoms with van der Waals surface area (Å²) in [7, 11) is 1.61. The number of hydrogen-bond acceptors (Lipinski definition) is 5. The Morgan fingerprint density at radius 1 is 1.03 bits per heavy atom. The summed E-state index contributed by atoms with van der Waals surface area (Å²) in [6, 6.07) is 13.4. The topological polar surface area (TPSA) is 64.6 Å². The van der Waals surface area contributed by atoms with Crippen LogP contribution in [0, 0.1) is 0 Å². The number of esters is 1. The molecule has 0 amide bonds. The van der Waals surface area contributed by atoms with Gasteiger partial charge >= 0.3 is 5.97 Å². The van der Waals surface area contributed by atoms with Crippen LogP contribution in [0.2, 0.25) is 5.02 Å². The van der Waals surface area contributed by atoms with Gasteiger partial charge in [0.1, 0.15) is 11.9 Å². The minimum atomic E-state index is -0.506. The van der Waals surface area contributed by atoms with Gasteiger partial charge in [-0.15, -0.1) is 0 Å². The number of ether oxygens (including phenoxy) is 2. The number of carbonyl (C=O) groups is 2. The predicted octanol–water partition coefficient (Wildman–Crippen LogP) is 7.35. The number of carbonyl (C=O) groups excluding carboxylic acids is 2. The van der Waals surface area contributed by atoms with E-state index in [0.717, 1.165) is 52.7 Å². The van der Waals surface area contributed by atoms with Crippen molar-refractivity contribution in [3.63, 3.8) is 0 Å². The molecule has 5 rings (SSSR count). The highest BCUT2D eigenvalue weighted by atomic mass is 79.9. The van der Waals surface area contributed by atoms with Crippen molar-refractivity contribution in [1.82, 2.24) is 5.32 Å². The van der Waals surface area contributed by atoms with Crippen LogP contribution in [0.1, 0.15) is 74.8 Å². The van der Waals surface area contributed by atoms with Gasteiger partial charge < -0.3 is 14.8 Å². The number of nitrogens with one attached hydrogen (secondary N) is 1. The molecule has 0 saturated heterocycles. The van der Waals surface area contributed by atoms with Crippen molar-refractivity contribution in [2.24, 2.45) is 0 Å². The van der Waals surface area contributed by atoms with Gasteiger partial charge in [0.2, 0.25) is 0 Å². The minimum Gasteiger partial charge on any atom is -0.496 e. The monoisotopic (exact) mass is 583 g/mol. The lowest BCUT2D eigenvalue weighted by atomic mass is 9.71. The highest BCUT2D eigenvalue weighted by molar-refractivity contribution is 9.10. The Kier molecular flexibility index (Phi) is 7.77. The average molecular weight is 585 g/mol. The number of hydrogen-bond donors (Lipinski definition) is 1. The zero-order chi connectivity index (χ0) is 26.1. The van der Waals surface area contributed by atoms with E-state index in [1.54, 1.807) is 7.11 Å². The highest BCUT2D eigenvalue weighted by Gasteiger charge is 2.42. The molecule has 2 aromatic rings. The summed E-state index contributed by atoms with van der Waals surface area (Å²) in [4.78, 5) is 27.5. The number of dihydropyridines is 1. The second-order valence-corrected chi connectivity index (χ2v) is 11.4. The Hall–Kier alpha value is -2.57. The SMILES string of the molecule is COc1ccc([C@@H]2C(C(=O)OC3CCCCC3)=C(C)NC3=C2C(=O)C[C@@H](c2ccc(Cl)cc2)C3)cc1Br. The lowest BCUT2D eigenvalue weighted by molar-refractivity contribution is -0.146. The van der Waals surface area contributed by atoms with E-state index in [-0.39, 0.29) is 23.8 Å². The zero-order valence-corrected chi connectivity index (χ0v) is 23.5. The van der Waals surface area contributed by atoms with Crippen molar-refractivity contribution in [2.45, 2.75) is 69.8 Å². The molecular weight excluding hydrogens is 554 g/mol. The first-order valence-electron chi connectivity index (χ1n) is 12.9. The minimum absolute atomic E-state index is 0.0427. The second kappa shape index (κ2) is 11.0. The summed E-state index contributed by atoms with van der Waals surface area (Å²) in [6.07, 6.45) is 6.08. The van der Waals surface area contributed by atoms with Crippen molar-refractivity contribution in [1.29, 1.82) is 0 Å². The van der Waals surface area contributed by atoms with E-state index in [4.69, 9.17) is 21.1 Å². The molecule has 2 aliphatic carbocycles. The fraction of sp³-hybridized carbons (Fsp3) is 0.400. The fourth-order valence-electron chi connectivity index (χ4n) is 5.87. The normalized spacial score (nSPS) is 22.4. The van der Waals surface area contributed by atoms with Crippen LogP contribution in [0.4, 0.5) is 0 Å². The molecule has 7 heteroatoms. The summed E-state index contributed by atoms with van der Waals surface area (Å²) >= 11 is 9.68. The second-order valence-electron chi connectivity index (χ2n) is 10.1. The number of benzene rings is 2. The van der Waals surface area contributed by atoms with Gasteiger partial charge in [-0.2, -0.15) is 0 Å². The van der Waals surface area contributed by atoms with Gasteiger partial charge in [0.15, 0.2) is 5.78 Å². The van der Waals surface area contributed by atoms with Gasteiger partial charge in [-0.1, -0.05) is 36.2 Å². The largest absolute Gasteiger partial charge is 0.496 e. The predicted molar refractivity (Wildman–Crippen MR) is 148 cm³/mol. The first kappa shape index (κ1) is 26.1. The van der Waals surface area contributed by atoms with Crippen molar-refractivity contribution in [3.05, 3.63) is 85.6 Å². The van der Waals surface area contributed by atoms with E-state index < -0.39 is 5.92 Å². The third-order valence-electron chi connectivity index (χ3n) is 7.72. The molecule has 194 valence electrons. The van der Waals surface area contributed by atoms with Crippen LogP contribution >= 0.6 is 27.5 Å². The quantitative estimate of drug-likeness (QED) is 0.372. The first-order valence-corrected chi connectivity index (χ1v) is 14.1. The summed E-state index contributed by atoms with van der Waals surface area (Å²) in [5.74, 6) is -0.0677. The van der Waals surface area contributed by atoms with Gasteiger partial charge in [0.05, 0.1) is 17.2 Å². The molecule has 2 atom stereocenters. The number of ketones is 1. The molecule has 3 aliphatic rings. The van der Waals surface area contributed by atoms with Crippen molar-refractivity contribution in [2.75, 3.05) is 7.11 Å². The van der Waals surface area contributed by atoms with Crippen LogP contribution in [-0.4, -0.2) is 25.0 Å². The molecule has 5 nitrogen and oxygen atoms in total. The van der Waals surface area contributed by atoms with E-state index in [0.29, 0.717) is 34.8 Å². The molecule has 2 aromatic carbocycles. The summed E-state index contributed by atoms with van der Waals surface area (Å²) in [5, 5.41) is 4.11. The maximum atomic E-state index is 13.8. The molecule has 0 radical (unpaired) electrons. The van der Waals surface area contributed by atoms with E-state index in [1.807, 2.05) is 49.4 Å². The fourth-order valence-corrected chi connectivity index (χ4v) is 6.56. The van der Waals surface area contributed by atoms with E-state index in [2.05, 4.69) is 21.2 Å². The van der Waals surface area contributed by atoms with Crippen LogP contribution in [-0.2, 0) is 14.3 Å². The van der Waals surface area contributed by atoms with Crippen LogP contribution in [0.25, 0.3) is 0 Å². The van der Waals surface area contributed by atoms with Gasteiger partial charge in [-0.3, -0.25) is 4.79 Å². The van der Waals surface area contributed by atoms with Gasteiger partial charge in [0, 0.05) is 34.3 Å². The lowest BCUT2D eigenvalue weighted by Crippen LogP contribution is -2.37. The van der Waals surface area contributed by atoms with E-state index >= 15 is 0 Å². The standard InChI is InChI=1S/C30H31BrClNO4/c1-17-27(30(35)37-22-6-4-3-5-7-22)28(19-10-13-26(36-2)23(31)14-19)29-24(33-17)15-20(16-25(29)34)18-8-11-21(32)12-9-18/h8-14,20,22,28,33H,3-7,15-16H2,1-2H3/t20-,28+/m0/s1. The van der Waals surface area contributed by atoms with Crippen molar-refractivity contribution >= 4 is 39.3 Å². The third-order valence-corrected chi connectivity index (χ3v) is 8.60. The van der Waals surface area contributed by atoms with Gasteiger partial charge in [0.25, 0.3) is 0 Å². The molecule has 1 fully saturated rings. The molecule has 1 N–H and O–H groups in total. The molecule has 0 aromatic heterocycles. The third kappa shape index (κ3) is 5.37. The average Bonchev–Trinajstić information content (AvgIpc) is 2.88. The van der Waals surface area contributed by atoms with Gasteiger partial charge in [-0.05, 0) is 96.3 Å². The maximum absolute atomic E-state index is 13.8. The molecular formula is C30H31BrClNO4. The molecule has 0 bridgehead atoms. The maximum Gasteiger partial charge on any atom is 0.337 e. The van der Waals surface area contributed by atoms with E-state index in [9.17, 15) is 9.59 Å².